The van der Waals surface area contributed by atoms with E-state index in [2.05, 4.69) is 25.7 Å². The van der Waals surface area contributed by atoms with Gasteiger partial charge in [0.25, 0.3) is 0 Å². The zero-order valence-corrected chi connectivity index (χ0v) is 24.1. The monoisotopic (exact) mass is 533 g/mol. The molecule has 1 aromatic rings. The molecular weight excluding hydrogens is 486 g/mol. The van der Waals surface area contributed by atoms with Crippen LogP contribution in [0.2, 0.25) is 0 Å². The van der Waals surface area contributed by atoms with Crippen LogP contribution in [0.15, 0.2) is 30.3 Å². The summed E-state index contributed by atoms with van der Waals surface area (Å²) in [6, 6.07) is 9.54. The Morgan fingerprint density at radius 3 is 2.51 bits per heavy atom. The molecule has 7 rings (SSSR count). The number of carbonyl (C=O) groups excluding carboxylic acids is 2. The number of benzene rings is 1. The van der Waals surface area contributed by atoms with Crippen molar-refractivity contribution in [2.24, 2.45) is 52.8 Å². The van der Waals surface area contributed by atoms with E-state index in [1.807, 2.05) is 18.2 Å². The first-order valence-electron chi connectivity index (χ1n) is 15.9. The molecule has 39 heavy (non-hydrogen) atoms. The zero-order chi connectivity index (χ0) is 27.1. The summed E-state index contributed by atoms with van der Waals surface area (Å²) in [5.41, 5.74) is -0.0175. The number of fused-ring (bicyclic) bond motifs is 8. The molecule has 2 heterocycles. The molecule has 6 aliphatic rings. The van der Waals surface area contributed by atoms with Gasteiger partial charge in [0.15, 0.2) is 0 Å². The van der Waals surface area contributed by atoms with Crippen LogP contribution in [0.5, 0.6) is 0 Å². The number of ketones is 1. The second-order valence-electron chi connectivity index (χ2n) is 15.0. The van der Waals surface area contributed by atoms with Crippen LogP contribution in [-0.2, 0) is 9.53 Å². The number of hydrogen-bond acceptors (Lipinski definition) is 5. The Kier molecular flexibility index (Phi) is 6.32. The van der Waals surface area contributed by atoms with E-state index < -0.39 is 5.60 Å². The van der Waals surface area contributed by atoms with Crippen LogP contribution in [0.3, 0.4) is 0 Å². The van der Waals surface area contributed by atoms with Crippen LogP contribution < -0.4 is 0 Å². The van der Waals surface area contributed by atoms with Crippen molar-refractivity contribution >= 4 is 11.8 Å². The SMILES string of the molecule is C[C@H]1CC[C@@H]2N(C1)C[C@H]1[C@@H]3C[C@H]4[C@@H](CC(=O)[C@H]5C[C@@H](OC(=O)c6ccccc6)CC[C@@]54C)[C@@H]3CC[C@H]1[C@]2(C)O. The minimum Gasteiger partial charge on any atom is -0.459 e. The Labute approximate surface area is 234 Å². The van der Waals surface area contributed by atoms with Crippen LogP contribution >= 0.6 is 0 Å². The molecule has 0 spiro atoms. The standard InChI is InChI=1S/C34H47NO4/c1-20-9-12-31-34(3,38)27-11-10-23-24(26(27)19-35(31)18-20)16-28-25(23)17-30(36)29-15-22(13-14-33(28,29)2)39-32(37)21-7-5-4-6-8-21/h4-8,20,22-29,31,38H,9-19H2,1-3H3/t20-,22-,23+,24+,25-,26-,27+,28-,29+,31-,33+,34-/m0/s1. The Hall–Kier alpha value is -1.72. The number of aliphatic hydroxyl groups is 1. The molecule has 6 fully saturated rings. The van der Waals surface area contributed by atoms with Gasteiger partial charge in [0.05, 0.1) is 11.2 Å². The maximum atomic E-state index is 13.8. The third-order valence-corrected chi connectivity index (χ3v) is 13.1. The van der Waals surface area contributed by atoms with Crippen molar-refractivity contribution in [3.63, 3.8) is 0 Å². The molecule has 2 aliphatic heterocycles. The second-order valence-corrected chi connectivity index (χ2v) is 15.0. The molecule has 0 aromatic heterocycles. The lowest BCUT2D eigenvalue weighted by Gasteiger charge is -2.59. The molecule has 0 unspecified atom stereocenters. The molecule has 1 aromatic carbocycles. The quantitative estimate of drug-likeness (QED) is 0.490. The maximum absolute atomic E-state index is 13.8. The van der Waals surface area contributed by atoms with E-state index in [-0.39, 0.29) is 23.4 Å². The van der Waals surface area contributed by atoms with Gasteiger partial charge in [-0.25, -0.2) is 4.79 Å². The fourth-order valence-corrected chi connectivity index (χ4v) is 11.2. The highest BCUT2D eigenvalue weighted by Gasteiger charge is 2.64. The first kappa shape index (κ1) is 26.2. The number of piperidine rings is 2. The minimum atomic E-state index is -0.606. The van der Waals surface area contributed by atoms with Crippen LogP contribution in [-0.4, -0.2) is 52.6 Å². The highest BCUT2D eigenvalue weighted by Crippen LogP contribution is 2.66. The summed E-state index contributed by atoms with van der Waals surface area (Å²) in [5, 5.41) is 12.0. The highest BCUT2D eigenvalue weighted by atomic mass is 16.5. The van der Waals surface area contributed by atoms with Gasteiger partial charge in [0, 0.05) is 31.5 Å². The van der Waals surface area contributed by atoms with E-state index in [1.54, 1.807) is 12.1 Å². The van der Waals surface area contributed by atoms with Crippen molar-refractivity contribution in [1.29, 1.82) is 0 Å². The predicted molar refractivity (Wildman–Crippen MR) is 150 cm³/mol. The van der Waals surface area contributed by atoms with Gasteiger partial charge in [0.1, 0.15) is 11.9 Å². The van der Waals surface area contributed by atoms with E-state index in [0.717, 1.165) is 38.8 Å². The Morgan fingerprint density at radius 2 is 1.72 bits per heavy atom. The van der Waals surface area contributed by atoms with Gasteiger partial charge in [-0.3, -0.25) is 9.69 Å². The number of nitrogens with zero attached hydrogens (tertiary/aromatic N) is 1. The maximum Gasteiger partial charge on any atom is 0.338 e. The summed E-state index contributed by atoms with van der Waals surface area (Å²) < 4.78 is 5.95. The van der Waals surface area contributed by atoms with Gasteiger partial charge >= 0.3 is 5.97 Å². The predicted octanol–water partition coefficient (Wildman–Crippen LogP) is 5.75. The Morgan fingerprint density at radius 1 is 0.923 bits per heavy atom. The third kappa shape index (κ3) is 4.08. The summed E-state index contributed by atoms with van der Waals surface area (Å²) in [6.45, 7) is 9.18. The number of hydrogen-bond donors (Lipinski definition) is 1. The lowest BCUT2D eigenvalue weighted by atomic mass is 9.51. The van der Waals surface area contributed by atoms with Gasteiger partial charge < -0.3 is 9.84 Å². The Bertz CT molecular complexity index is 1120. The number of carbonyl (C=O) groups is 2. The molecule has 0 bridgehead atoms. The first-order valence-corrected chi connectivity index (χ1v) is 15.9. The molecule has 2 saturated heterocycles. The number of ether oxygens (including phenoxy) is 1. The van der Waals surface area contributed by atoms with Crippen LogP contribution in [0.1, 0.15) is 88.9 Å². The average molecular weight is 534 g/mol. The van der Waals surface area contributed by atoms with E-state index in [0.29, 0.717) is 71.7 Å². The lowest BCUT2D eigenvalue weighted by molar-refractivity contribution is -0.175. The van der Waals surface area contributed by atoms with Crippen molar-refractivity contribution in [2.75, 3.05) is 13.1 Å². The fraction of sp³-hybridized carbons (Fsp3) is 0.765. The van der Waals surface area contributed by atoms with Gasteiger partial charge in [-0.2, -0.15) is 0 Å². The minimum absolute atomic E-state index is 0.00110. The molecule has 1 N–H and O–H groups in total. The molecular formula is C34H47NO4. The summed E-state index contributed by atoms with van der Waals surface area (Å²) in [6.07, 6.45) is 8.91. The largest absolute Gasteiger partial charge is 0.459 e. The van der Waals surface area contributed by atoms with Crippen molar-refractivity contribution in [3.05, 3.63) is 35.9 Å². The molecule has 212 valence electrons. The van der Waals surface area contributed by atoms with E-state index in [4.69, 9.17) is 4.74 Å². The summed E-state index contributed by atoms with van der Waals surface area (Å²) in [7, 11) is 0. The van der Waals surface area contributed by atoms with E-state index in [9.17, 15) is 14.7 Å². The van der Waals surface area contributed by atoms with Gasteiger partial charge in [-0.15, -0.1) is 0 Å². The molecule has 0 amide bonds. The molecule has 5 heteroatoms. The zero-order valence-electron chi connectivity index (χ0n) is 24.1. The van der Waals surface area contributed by atoms with Crippen LogP contribution in [0, 0.1) is 52.8 Å². The van der Waals surface area contributed by atoms with Crippen molar-refractivity contribution in [3.8, 4) is 0 Å². The molecule has 12 atom stereocenters. The Balaban J connectivity index is 1.10. The summed E-state index contributed by atoms with van der Waals surface area (Å²) in [5.74, 6) is 4.12. The van der Waals surface area contributed by atoms with E-state index >= 15 is 0 Å². The highest BCUT2D eigenvalue weighted by molar-refractivity contribution is 5.89. The topological polar surface area (TPSA) is 66.8 Å². The van der Waals surface area contributed by atoms with Gasteiger partial charge in [0.2, 0.25) is 0 Å². The fourth-order valence-electron chi connectivity index (χ4n) is 11.2. The number of esters is 1. The summed E-state index contributed by atoms with van der Waals surface area (Å²) in [4.78, 5) is 29.2. The van der Waals surface area contributed by atoms with Crippen molar-refractivity contribution < 1.29 is 19.4 Å². The van der Waals surface area contributed by atoms with E-state index in [1.165, 1.54) is 19.3 Å². The van der Waals surface area contributed by atoms with Gasteiger partial charge in [-0.1, -0.05) is 32.0 Å². The molecule has 0 radical (unpaired) electrons. The van der Waals surface area contributed by atoms with Crippen molar-refractivity contribution in [2.45, 2.75) is 96.3 Å². The number of Topliss-reactive ketones (excluding diaryl/α,β-unsaturated/α-hetero) is 1. The van der Waals surface area contributed by atoms with Crippen LogP contribution in [0.4, 0.5) is 0 Å². The van der Waals surface area contributed by atoms with Crippen molar-refractivity contribution in [1.82, 2.24) is 4.90 Å². The first-order chi connectivity index (χ1) is 18.7. The lowest BCUT2D eigenvalue weighted by Crippen LogP contribution is -2.67. The normalized spacial score (nSPS) is 49.2. The third-order valence-electron chi connectivity index (χ3n) is 13.1. The summed E-state index contributed by atoms with van der Waals surface area (Å²) >= 11 is 0. The second kappa shape index (κ2) is 9.41. The molecule has 4 aliphatic carbocycles. The van der Waals surface area contributed by atoms with Crippen LogP contribution in [0.25, 0.3) is 0 Å². The molecule has 4 saturated carbocycles. The smallest absolute Gasteiger partial charge is 0.338 e. The number of rotatable bonds is 2. The molecule has 5 nitrogen and oxygen atoms in total. The average Bonchev–Trinajstić information content (AvgIpc) is 3.29. The van der Waals surface area contributed by atoms with Gasteiger partial charge in [-0.05, 0) is 117 Å².